The Bertz CT molecular complexity index is 1580. The Morgan fingerprint density at radius 2 is 1.37 bits per heavy atom. The van der Waals surface area contributed by atoms with E-state index in [-0.39, 0.29) is 0 Å². The van der Waals surface area contributed by atoms with Crippen molar-refractivity contribution in [2.45, 2.75) is 0 Å². The highest BCUT2D eigenvalue weighted by atomic mass is 32.1. The Morgan fingerprint density at radius 1 is 0.600 bits per heavy atom. The molecule has 0 amide bonds. The Hall–Kier alpha value is -3.18. The van der Waals surface area contributed by atoms with Crippen molar-refractivity contribution in [1.29, 1.82) is 0 Å². The molecule has 4 heteroatoms. The molecule has 0 aliphatic heterocycles. The molecule has 0 fully saturated rings. The Labute approximate surface area is 177 Å². The number of hydrogen-bond donors (Lipinski definition) is 2. The van der Waals surface area contributed by atoms with Gasteiger partial charge in [0, 0.05) is 20.2 Å². The largest absolute Gasteiger partial charge is 0.489 e. The van der Waals surface area contributed by atoms with Crippen LogP contribution in [0.5, 0.6) is 0 Å². The SMILES string of the molecule is OB(O)c1cccc2c(-c3ccc4sc5ccc6ccccc6c5c4c3)cccc12. The molecule has 0 spiro atoms. The van der Waals surface area contributed by atoms with E-state index in [2.05, 4.69) is 60.7 Å². The highest BCUT2D eigenvalue weighted by Gasteiger charge is 2.16. The van der Waals surface area contributed by atoms with Crippen molar-refractivity contribution in [1.82, 2.24) is 0 Å². The third kappa shape index (κ3) is 2.59. The van der Waals surface area contributed by atoms with Gasteiger partial charge in [-0.3, -0.25) is 0 Å². The molecule has 0 aliphatic rings. The summed E-state index contributed by atoms with van der Waals surface area (Å²) >= 11 is 1.82. The molecule has 0 bridgehead atoms. The van der Waals surface area contributed by atoms with Crippen LogP contribution in [-0.4, -0.2) is 17.2 Å². The lowest BCUT2D eigenvalue weighted by molar-refractivity contribution is 0.426. The quantitative estimate of drug-likeness (QED) is 0.363. The Kier molecular flexibility index (Phi) is 3.93. The summed E-state index contributed by atoms with van der Waals surface area (Å²) in [5.74, 6) is 0. The molecule has 0 atom stereocenters. The van der Waals surface area contributed by atoms with Gasteiger partial charge in [0.1, 0.15) is 0 Å². The maximum Gasteiger partial charge on any atom is 0.489 e. The summed E-state index contributed by atoms with van der Waals surface area (Å²) in [4.78, 5) is 0. The van der Waals surface area contributed by atoms with Gasteiger partial charge in [0.25, 0.3) is 0 Å². The van der Waals surface area contributed by atoms with Crippen molar-refractivity contribution < 1.29 is 10.0 Å². The summed E-state index contributed by atoms with van der Waals surface area (Å²) in [6, 6.07) is 31.3. The maximum absolute atomic E-state index is 9.77. The molecule has 1 aromatic heterocycles. The average molecular weight is 404 g/mol. The highest BCUT2D eigenvalue weighted by molar-refractivity contribution is 7.26. The van der Waals surface area contributed by atoms with E-state index in [9.17, 15) is 10.0 Å². The lowest BCUT2D eigenvalue weighted by atomic mass is 9.76. The first-order valence-corrected chi connectivity index (χ1v) is 10.7. The number of fused-ring (bicyclic) bond motifs is 6. The second-order valence-electron chi connectivity index (χ2n) is 7.59. The molecule has 0 radical (unpaired) electrons. The van der Waals surface area contributed by atoms with E-state index in [4.69, 9.17) is 0 Å². The van der Waals surface area contributed by atoms with E-state index < -0.39 is 7.12 Å². The minimum absolute atomic E-state index is 0.530. The van der Waals surface area contributed by atoms with Crippen LogP contribution in [0.15, 0.2) is 91.0 Å². The lowest BCUT2D eigenvalue weighted by Crippen LogP contribution is -2.30. The van der Waals surface area contributed by atoms with Crippen molar-refractivity contribution in [3.63, 3.8) is 0 Å². The first-order chi connectivity index (χ1) is 14.7. The molecular formula is C26H17BO2S. The van der Waals surface area contributed by atoms with Crippen molar-refractivity contribution in [3.8, 4) is 11.1 Å². The van der Waals surface area contributed by atoms with Gasteiger partial charge in [-0.1, -0.05) is 72.8 Å². The topological polar surface area (TPSA) is 40.5 Å². The first-order valence-electron chi connectivity index (χ1n) is 9.93. The van der Waals surface area contributed by atoms with Gasteiger partial charge in [-0.25, -0.2) is 0 Å². The van der Waals surface area contributed by atoms with Crippen LogP contribution < -0.4 is 5.46 Å². The van der Waals surface area contributed by atoms with E-state index in [1.165, 1.54) is 30.9 Å². The molecule has 2 nitrogen and oxygen atoms in total. The summed E-state index contributed by atoms with van der Waals surface area (Å²) in [7, 11) is -1.49. The number of benzene rings is 5. The third-order valence-electron chi connectivity index (χ3n) is 5.90. The highest BCUT2D eigenvalue weighted by Crippen LogP contribution is 2.40. The van der Waals surface area contributed by atoms with E-state index >= 15 is 0 Å². The van der Waals surface area contributed by atoms with Gasteiger partial charge >= 0.3 is 7.12 Å². The molecule has 0 saturated heterocycles. The van der Waals surface area contributed by atoms with Crippen molar-refractivity contribution in [3.05, 3.63) is 91.0 Å². The zero-order valence-electron chi connectivity index (χ0n) is 16.0. The standard InChI is InChI=1S/C26H17BO2S/c28-27(29)23-10-4-8-20-18(7-3-9-21(20)23)17-12-13-24-22(15-17)26-19-6-2-1-5-16(19)11-14-25(26)30-24/h1-15,28-29H. The van der Waals surface area contributed by atoms with Crippen molar-refractivity contribution in [2.24, 2.45) is 0 Å². The maximum atomic E-state index is 9.77. The number of hydrogen-bond acceptors (Lipinski definition) is 3. The van der Waals surface area contributed by atoms with Crippen LogP contribution >= 0.6 is 11.3 Å². The van der Waals surface area contributed by atoms with E-state index in [0.717, 1.165) is 21.9 Å². The first kappa shape index (κ1) is 17.7. The van der Waals surface area contributed by atoms with E-state index in [1.54, 1.807) is 6.07 Å². The molecule has 30 heavy (non-hydrogen) atoms. The van der Waals surface area contributed by atoms with Gasteiger partial charge in [-0.2, -0.15) is 0 Å². The normalized spacial score (nSPS) is 11.7. The fraction of sp³-hybridized carbons (Fsp3) is 0. The van der Waals surface area contributed by atoms with Crippen molar-refractivity contribution >= 4 is 65.6 Å². The minimum Gasteiger partial charge on any atom is -0.423 e. The summed E-state index contributed by atoms with van der Waals surface area (Å²) in [5, 5.41) is 26.5. The molecule has 5 aromatic carbocycles. The summed E-state index contributed by atoms with van der Waals surface area (Å²) < 4.78 is 2.57. The molecule has 2 N–H and O–H groups in total. The minimum atomic E-state index is -1.49. The molecule has 0 aliphatic carbocycles. The average Bonchev–Trinajstić information content (AvgIpc) is 3.16. The van der Waals surface area contributed by atoms with Crippen LogP contribution in [0.3, 0.4) is 0 Å². The van der Waals surface area contributed by atoms with Gasteiger partial charge in [-0.05, 0) is 56.3 Å². The molecule has 6 rings (SSSR count). The second-order valence-corrected chi connectivity index (χ2v) is 8.68. The van der Waals surface area contributed by atoms with Gasteiger partial charge in [0.2, 0.25) is 0 Å². The van der Waals surface area contributed by atoms with E-state index in [1.807, 2.05) is 35.6 Å². The fourth-order valence-corrected chi connectivity index (χ4v) is 5.63. The summed E-state index contributed by atoms with van der Waals surface area (Å²) in [6.45, 7) is 0. The molecule has 0 saturated carbocycles. The van der Waals surface area contributed by atoms with Gasteiger partial charge < -0.3 is 10.0 Å². The zero-order chi connectivity index (χ0) is 20.2. The van der Waals surface area contributed by atoms with Gasteiger partial charge in [-0.15, -0.1) is 11.3 Å². The predicted molar refractivity (Wildman–Crippen MR) is 130 cm³/mol. The molecule has 0 unspecified atom stereocenters. The predicted octanol–water partition coefficient (Wildman–Crippen LogP) is 5.71. The third-order valence-corrected chi connectivity index (χ3v) is 7.04. The second kappa shape index (κ2) is 6.68. The molecule has 1 heterocycles. The van der Waals surface area contributed by atoms with Crippen LogP contribution in [-0.2, 0) is 0 Å². The zero-order valence-corrected chi connectivity index (χ0v) is 16.9. The van der Waals surface area contributed by atoms with Crippen molar-refractivity contribution in [2.75, 3.05) is 0 Å². The lowest BCUT2D eigenvalue weighted by Gasteiger charge is -2.11. The Morgan fingerprint density at radius 3 is 2.27 bits per heavy atom. The molecule has 6 aromatic rings. The van der Waals surface area contributed by atoms with E-state index in [0.29, 0.717) is 5.46 Å². The monoisotopic (exact) mass is 404 g/mol. The number of rotatable bonds is 2. The van der Waals surface area contributed by atoms with Crippen LogP contribution in [0.1, 0.15) is 0 Å². The van der Waals surface area contributed by atoms with Crippen LogP contribution in [0.2, 0.25) is 0 Å². The summed E-state index contributed by atoms with van der Waals surface area (Å²) in [6.07, 6.45) is 0. The fourth-order valence-electron chi connectivity index (χ4n) is 4.53. The molecular weight excluding hydrogens is 387 g/mol. The summed E-state index contributed by atoms with van der Waals surface area (Å²) in [5.41, 5.74) is 2.75. The van der Waals surface area contributed by atoms with Gasteiger partial charge in [0.15, 0.2) is 0 Å². The van der Waals surface area contributed by atoms with Crippen LogP contribution in [0.25, 0.3) is 52.8 Å². The van der Waals surface area contributed by atoms with Crippen LogP contribution in [0.4, 0.5) is 0 Å². The van der Waals surface area contributed by atoms with Gasteiger partial charge in [0.05, 0.1) is 0 Å². The number of thiophene rings is 1. The Balaban J connectivity index is 1.67. The smallest absolute Gasteiger partial charge is 0.423 e. The molecule has 142 valence electrons. The van der Waals surface area contributed by atoms with Crippen LogP contribution in [0, 0.1) is 0 Å².